The highest BCUT2D eigenvalue weighted by molar-refractivity contribution is 9.10. The van der Waals surface area contributed by atoms with Crippen LogP contribution in [0.2, 0.25) is 0 Å². The number of benzene rings is 1. The second kappa shape index (κ2) is 6.69. The molecule has 1 atom stereocenters. The molecular weight excluding hydrogens is 268 g/mol. The third kappa shape index (κ3) is 3.97. The predicted octanol–water partition coefficient (Wildman–Crippen LogP) is 3.12. The number of ether oxygens (including phenoxy) is 1. The first-order valence-electron chi connectivity index (χ1n) is 5.55. The Labute approximate surface area is 105 Å². The van der Waals surface area contributed by atoms with Crippen LogP contribution in [-0.2, 0) is 22.4 Å². The number of aryl methyl sites for hydroxylation is 1. The lowest BCUT2D eigenvalue weighted by Gasteiger charge is -2.09. The van der Waals surface area contributed by atoms with E-state index < -0.39 is 0 Å². The Balaban J connectivity index is 2.61. The van der Waals surface area contributed by atoms with Gasteiger partial charge in [0.2, 0.25) is 0 Å². The third-order valence-corrected chi connectivity index (χ3v) is 3.05. The van der Waals surface area contributed by atoms with Gasteiger partial charge in [0.25, 0.3) is 0 Å². The van der Waals surface area contributed by atoms with Gasteiger partial charge in [-0.1, -0.05) is 47.1 Å². The van der Waals surface area contributed by atoms with Crippen LogP contribution in [0.15, 0.2) is 24.3 Å². The standard InChI is InChI=1S/C13H17BrO2/c1-3-10-6-5-7-11(8-10)9-12(14)13(15)16-4-2/h5-8,12H,3-4,9H2,1-2H3. The normalized spacial score (nSPS) is 12.2. The maximum Gasteiger partial charge on any atom is 0.320 e. The van der Waals surface area contributed by atoms with E-state index >= 15 is 0 Å². The fourth-order valence-electron chi connectivity index (χ4n) is 1.50. The van der Waals surface area contributed by atoms with Gasteiger partial charge in [-0.05, 0) is 30.9 Å². The van der Waals surface area contributed by atoms with Crippen LogP contribution < -0.4 is 0 Å². The molecule has 1 rings (SSSR count). The quantitative estimate of drug-likeness (QED) is 0.613. The van der Waals surface area contributed by atoms with Gasteiger partial charge in [-0.15, -0.1) is 0 Å². The van der Waals surface area contributed by atoms with E-state index in [1.165, 1.54) is 5.56 Å². The monoisotopic (exact) mass is 284 g/mol. The minimum Gasteiger partial charge on any atom is -0.465 e. The summed E-state index contributed by atoms with van der Waals surface area (Å²) in [5, 5.41) is 0. The summed E-state index contributed by atoms with van der Waals surface area (Å²) in [4.78, 5) is 11.2. The Morgan fingerprint density at radius 3 is 2.69 bits per heavy atom. The van der Waals surface area contributed by atoms with E-state index in [0.29, 0.717) is 13.0 Å². The number of halogens is 1. The maximum atomic E-state index is 11.4. The molecule has 0 bridgehead atoms. The van der Waals surface area contributed by atoms with Crippen LogP contribution in [0.25, 0.3) is 0 Å². The van der Waals surface area contributed by atoms with Crippen molar-refractivity contribution in [2.75, 3.05) is 6.61 Å². The Morgan fingerprint density at radius 2 is 2.06 bits per heavy atom. The first-order chi connectivity index (χ1) is 7.67. The number of carbonyl (C=O) groups excluding carboxylic acids is 1. The molecule has 16 heavy (non-hydrogen) atoms. The molecule has 0 aliphatic carbocycles. The summed E-state index contributed by atoms with van der Waals surface area (Å²) in [5.41, 5.74) is 2.45. The lowest BCUT2D eigenvalue weighted by molar-refractivity contribution is -0.142. The van der Waals surface area contributed by atoms with Crippen molar-refractivity contribution in [3.63, 3.8) is 0 Å². The summed E-state index contributed by atoms with van der Waals surface area (Å²) in [6, 6.07) is 8.29. The van der Waals surface area contributed by atoms with Crippen LogP contribution in [0.4, 0.5) is 0 Å². The topological polar surface area (TPSA) is 26.3 Å². The summed E-state index contributed by atoms with van der Waals surface area (Å²) in [7, 11) is 0. The first kappa shape index (κ1) is 13.2. The Bertz CT molecular complexity index is 350. The van der Waals surface area contributed by atoms with E-state index in [1.807, 2.05) is 19.1 Å². The van der Waals surface area contributed by atoms with E-state index in [-0.39, 0.29) is 10.8 Å². The van der Waals surface area contributed by atoms with Crippen LogP contribution in [0.3, 0.4) is 0 Å². The lowest BCUT2D eigenvalue weighted by Crippen LogP contribution is -2.19. The zero-order chi connectivity index (χ0) is 12.0. The molecule has 0 aliphatic heterocycles. The summed E-state index contributed by atoms with van der Waals surface area (Å²) in [6.45, 7) is 4.36. The molecule has 0 aliphatic rings. The van der Waals surface area contributed by atoms with Crippen molar-refractivity contribution in [3.8, 4) is 0 Å². The molecule has 1 unspecified atom stereocenters. The van der Waals surface area contributed by atoms with Crippen LogP contribution >= 0.6 is 15.9 Å². The molecule has 1 aromatic carbocycles. The Hall–Kier alpha value is -0.830. The molecule has 0 radical (unpaired) electrons. The number of rotatable bonds is 5. The second-order valence-electron chi connectivity index (χ2n) is 3.60. The summed E-state index contributed by atoms with van der Waals surface area (Å²) < 4.78 is 4.95. The van der Waals surface area contributed by atoms with Crippen molar-refractivity contribution in [3.05, 3.63) is 35.4 Å². The SMILES string of the molecule is CCOC(=O)C(Br)Cc1cccc(CC)c1. The molecule has 3 heteroatoms. The first-order valence-corrected chi connectivity index (χ1v) is 6.47. The molecule has 0 heterocycles. The minimum absolute atomic E-state index is 0.190. The third-order valence-electron chi connectivity index (χ3n) is 2.36. The highest BCUT2D eigenvalue weighted by Gasteiger charge is 2.16. The molecule has 0 aromatic heterocycles. The van der Waals surface area contributed by atoms with Gasteiger partial charge >= 0.3 is 5.97 Å². The largest absolute Gasteiger partial charge is 0.465 e. The van der Waals surface area contributed by atoms with Gasteiger partial charge < -0.3 is 4.74 Å². The molecular formula is C13H17BrO2. The maximum absolute atomic E-state index is 11.4. The smallest absolute Gasteiger partial charge is 0.320 e. The van der Waals surface area contributed by atoms with Crippen molar-refractivity contribution in [1.29, 1.82) is 0 Å². The van der Waals surface area contributed by atoms with Gasteiger partial charge in [-0.2, -0.15) is 0 Å². The highest BCUT2D eigenvalue weighted by Crippen LogP contribution is 2.13. The number of hydrogen-bond acceptors (Lipinski definition) is 2. The summed E-state index contributed by atoms with van der Waals surface area (Å²) in [6.07, 6.45) is 1.69. The van der Waals surface area contributed by atoms with Crippen molar-refractivity contribution in [1.82, 2.24) is 0 Å². The average Bonchev–Trinajstić information content (AvgIpc) is 2.29. The summed E-state index contributed by atoms with van der Waals surface area (Å²) in [5.74, 6) is -0.190. The van der Waals surface area contributed by atoms with E-state index in [9.17, 15) is 4.79 Å². The van der Waals surface area contributed by atoms with Gasteiger partial charge in [0.05, 0.1) is 6.61 Å². The number of carbonyl (C=O) groups is 1. The van der Waals surface area contributed by atoms with Gasteiger partial charge in [0.1, 0.15) is 4.83 Å². The van der Waals surface area contributed by atoms with Gasteiger partial charge in [0, 0.05) is 0 Å². The van der Waals surface area contributed by atoms with Crippen LogP contribution in [0, 0.1) is 0 Å². The summed E-state index contributed by atoms with van der Waals surface area (Å²) >= 11 is 3.35. The Morgan fingerprint density at radius 1 is 1.38 bits per heavy atom. The number of hydrogen-bond donors (Lipinski definition) is 0. The molecule has 0 saturated heterocycles. The van der Waals surface area contributed by atoms with Crippen molar-refractivity contribution in [2.45, 2.75) is 31.5 Å². The zero-order valence-electron chi connectivity index (χ0n) is 9.70. The van der Waals surface area contributed by atoms with Crippen molar-refractivity contribution < 1.29 is 9.53 Å². The lowest BCUT2D eigenvalue weighted by atomic mass is 10.1. The average molecular weight is 285 g/mol. The van der Waals surface area contributed by atoms with E-state index in [2.05, 4.69) is 35.0 Å². The number of esters is 1. The zero-order valence-corrected chi connectivity index (χ0v) is 11.3. The van der Waals surface area contributed by atoms with E-state index in [1.54, 1.807) is 0 Å². The molecule has 1 aromatic rings. The molecule has 0 saturated carbocycles. The molecule has 0 amide bonds. The molecule has 0 N–H and O–H groups in total. The van der Waals surface area contributed by atoms with Crippen molar-refractivity contribution >= 4 is 21.9 Å². The highest BCUT2D eigenvalue weighted by atomic mass is 79.9. The van der Waals surface area contributed by atoms with Crippen LogP contribution in [0.5, 0.6) is 0 Å². The second-order valence-corrected chi connectivity index (χ2v) is 4.70. The predicted molar refractivity (Wildman–Crippen MR) is 68.9 cm³/mol. The van der Waals surface area contributed by atoms with Crippen LogP contribution in [0.1, 0.15) is 25.0 Å². The van der Waals surface area contributed by atoms with Gasteiger partial charge in [0.15, 0.2) is 0 Å². The fourth-order valence-corrected chi connectivity index (χ4v) is 2.01. The minimum atomic E-state index is -0.250. The van der Waals surface area contributed by atoms with E-state index in [4.69, 9.17) is 4.74 Å². The molecule has 0 fully saturated rings. The van der Waals surface area contributed by atoms with Gasteiger partial charge in [-0.25, -0.2) is 0 Å². The molecule has 0 spiro atoms. The number of alkyl halides is 1. The van der Waals surface area contributed by atoms with Gasteiger partial charge in [-0.3, -0.25) is 4.79 Å². The van der Waals surface area contributed by atoms with Crippen molar-refractivity contribution in [2.24, 2.45) is 0 Å². The van der Waals surface area contributed by atoms with E-state index in [0.717, 1.165) is 12.0 Å². The Kier molecular flexibility index (Phi) is 5.53. The molecule has 2 nitrogen and oxygen atoms in total. The molecule has 88 valence electrons. The van der Waals surface area contributed by atoms with Crippen LogP contribution in [-0.4, -0.2) is 17.4 Å². The fraction of sp³-hybridized carbons (Fsp3) is 0.462.